The van der Waals surface area contributed by atoms with Gasteiger partial charge in [0.05, 0.1) is 13.7 Å². The molecule has 2 atom stereocenters. The lowest BCUT2D eigenvalue weighted by Crippen LogP contribution is -2.39. The van der Waals surface area contributed by atoms with Crippen LogP contribution in [0, 0.1) is 0 Å². The second-order valence-corrected chi connectivity index (χ2v) is 4.37. The Bertz CT molecular complexity index is 324. The maximum Gasteiger partial charge on any atom is 0.122 e. The monoisotopic (exact) mass is 237 g/mol. The first-order valence-corrected chi connectivity index (χ1v) is 6.20. The van der Waals surface area contributed by atoms with E-state index in [9.17, 15) is 0 Å². The predicted molar refractivity (Wildman–Crippen MR) is 70.5 cm³/mol. The molecule has 0 saturated heterocycles. The molecule has 0 aliphatic carbocycles. The van der Waals surface area contributed by atoms with E-state index >= 15 is 0 Å². The van der Waals surface area contributed by atoms with Crippen molar-refractivity contribution in [3.63, 3.8) is 0 Å². The van der Waals surface area contributed by atoms with Gasteiger partial charge in [0.1, 0.15) is 5.75 Å². The van der Waals surface area contributed by atoms with Crippen molar-refractivity contribution in [1.29, 1.82) is 0 Å². The number of benzene rings is 1. The third-order valence-corrected chi connectivity index (χ3v) is 2.95. The minimum Gasteiger partial charge on any atom is -0.496 e. The maximum absolute atomic E-state index is 9.15. The SMILES string of the molecule is CC[C@H](CO)NC(C)Cc1ccccc1OC. The summed E-state index contributed by atoms with van der Waals surface area (Å²) < 4.78 is 5.33. The standard InChI is InChI=1S/C14H23NO2/c1-4-13(10-16)15-11(2)9-12-7-5-6-8-14(12)17-3/h5-8,11,13,15-16H,4,9-10H2,1-3H3/t11?,13-/m1/s1. The number of nitrogens with one attached hydrogen (secondary N) is 1. The van der Waals surface area contributed by atoms with Crippen LogP contribution in [-0.2, 0) is 6.42 Å². The van der Waals surface area contributed by atoms with Gasteiger partial charge in [-0.05, 0) is 31.4 Å². The molecular formula is C14H23NO2. The molecule has 0 aliphatic rings. The molecular weight excluding hydrogens is 214 g/mol. The zero-order valence-corrected chi connectivity index (χ0v) is 10.9. The number of hydrogen-bond donors (Lipinski definition) is 2. The van der Waals surface area contributed by atoms with Gasteiger partial charge in [-0.3, -0.25) is 0 Å². The molecule has 0 spiro atoms. The molecule has 0 amide bonds. The van der Waals surface area contributed by atoms with Gasteiger partial charge in [-0.1, -0.05) is 25.1 Å². The lowest BCUT2D eigenvalue weighted by molar-refractivity contribution is 0.229. The van der Waals surface area contributed by atoms with Crippen molar-refractivity contribution in [2.24, 2.45) is 0 Å². The van der Waals surface area contributed by atoms with Gasteiger partial charge in [0.25, 0.3) is 0 Å². The fourth-order valence-electron chi connectivity index (χ4n) is 1.96. The molecule has 0 aliphatic heterocycles. The molecule has 0 saturated carbocycles. The van der Waals surface area contributed by atoms with Crippen molar-refractivity contribution in [2.75, 3.05) is 13.7 Å². The Hall–Kier alpha value is -1.06. The number of methoxy groups -OCH3 is 1. The summed E-state index contributed by atoms with van der Waals surface area (Å²) in [6, 6.07) is 8.56. The molecule has 1 unspecified atom stereocenters. The van der Waals surface area contributed by atoms with E-state index in [1.54, 1.807) is 7.11 Å². The Morgan fingerprint density at radius 3 is 2.65 bits per heavy atom. The van der Waals surface area contributed by atoms with E-state index in [-0.39, 0.29) is 12.6 Å². The average Bonchev–Trinajstić information content (AvgIpc) is 2.36. The molecule has 1 aromatic rings. The number of ether oxygens (including phenoxy) is 1. The van der Waals surface area contributed by atoms with E-state index in [4.69, 9.17) is 9.84 Å². The van der Waals surface area contributed by atoms with Crippen LogP contribution in [0.3, 0.4) is 0 Å². The third kappa shape index (κ3) is 4.36. The maximum atomic E-state index is 9.15. The summed E-state index contributed by atoms with van der Waals surface area (Å²) in [6.45, 7) is 4.39. The van der Waals surface area contributed by atoms with Gasteiger partial charge in [-0.2, -0.15) is 0 Å². The minimum absolute atomic E-state index is 0.180. The smallest absolute Gasteiger partial charge is 0.122 e. The molecule has 0 fully saturated rings. The highest BCUT2D eigenvalue weighted by atomic mass is 16.5. The summed E-state index contributed by atoms with van der Waals surface area (Å²) in [5.41, 5.74) is 1.20. The molecule has 0 radical (unpaired) electrons. The number of rotatable bonds is 7. The minimum atomic E-state index is 0.180. The molecule has 0 aromatic heterocycles. The first kappa shape index (κ1) is 14.0. The quantitative estimate of drug-likeness (QED) is 0.762. The summed E-state index contributed by atoms with van der Waals surface area (Å²) in [7, 11) is 1.69. The molecule has 1 aromatic carbocycles. The van der Waals surface area contributed by atoms with Crippen molar-refractivity contribution >= 4 is 0 Å². The van der Waals surface area contributed by atoms with Crippen LogP contribution >= 0.6 is 0 Å². The molecule has 96 valence electrons. The Kier molecular flexibility index (Phi) is 6.01. The van der Waals surface area contributed by atoms with Crippen molar-refractivity contribution in [1.82, 2.24) is 5.32 Å². The Morgan fingerprint density at radius 1 is 1.35 bits per heavy atom. The number of aliphatic hydroxyl groups is 1. The molecule has 3 nitrogen and oxygen atoms in total. The lowest BCUT2D eigenvalue weighted by atomic mass is 10.0. The summed E-state index contributed by atoms with van der Waals surface area (Å²) in [5, 5.41) is 12.6. The van der Waals surface area contributed by atoms with Crippen LogP contribution in [0.2, 0.25) is 0 Å². The molecule has 17 heavy (non-hydrogen) atoms. The molecule has 2 N–H and O–H groups in total. The van der Waals surface area contributed by atoms with Gasteiger partial charge in [0.15, 0.2) is 0 Å². The Labute approximate surface area is 104 Å². The molecule has 3 heteroatoms. The van der Waals surface area contributed by atoms with Gasteiger partial charge in [0, 0.05) is 12.1 Å². The predicted octanol–water partition coefficient (Wildman–Crippen LogP) is 1.99. The van der Waals surface area contributed by atoms with Crippen LogP contribution in [0.5, 0.6) is 5.75 Å². The van der Waals surface area contributed by atoms with Gasteiger partial charge in [-0.15, -0.1) is 0 Å². The summed E-state index contributed by atoms with van der Waals surface area (Å²) in [6.07, 6.45) is 1.84. The van der Waals surface area contributed by atoms with Crippen LogP contribution in [0.25, 0.3) is 0 Å². The lowest BCUT2D eigenvalue weighted by Gasteiger charge is -2.21. The highest BCUT2D eigenvalue weighted by Gasteiger charge is 2.11. The first-order chi connectivity index (χ1) is 8.21. The van der Waals surface area contributed by atoms with Crippen LogP contribution in [-0.4, -0.2) is 30.9 Å². The van der Waals surface area contributed by atoms with Crippen molar-refractivity contribution in [3.05, 3.63) is 29.8 Å². The summed E-state index contributed by atoms with van der Waals surface area (Å²) in [5.74, 6) is 0.929. The topological polar surface area (TPSA) is 41.5 Å². The van der Waals surface area contributed by atoms with E-state index in [0.29, 0.717) is 6.04 Å². The zero-order valence-electron chi connectivity index (χ0n) is 10.9. The number of aliphatic hydroxyl groups excluding tert-OH is 1. The van der Waals surface area contributed by atoms with Crippen LogP contribution in [0.4, 0.5) is 0 Å². The van der Waals surface area contributed by atoms with Crippen LogP contribution < -0.4 is 10.1 Å². The van der Waals surface area contributed by atoms with E-state index in [1.807, 2.05) is 18.2 Å². The van der Waals surface area contributed by atoms with Gasteiger partial charge >= 0.3 is 0 Å². The highest BCUT2D eigenvalue weighted by molar-refractivity contribution is 5.33. The summed E-state index contributed by atoms with van der Waals surface area (Å²) in [4.78, 5) is 0. The summed E-state index contributed by atoms with van der Waals surface area (Å²) >= 11 is 0. The fraction of sp³-hybridized carbons (Fsp3) is 0.571. The molecule has 0 heterocycles. The first-order valence-electron chi connectivity index (χ1n) is 6.20. The van der Waals surface area contributed by atoms with Gasteiger partial charge in [0.2, 0.25) is 0 Å². The van der Waals surface area contributed by atoms with Crippen LogP contribution in [0.1, 0.15) is 25.8 Å². The molecule has 1 rings (SSSR count). The van der Waals surface area contributed by atoms with E-state index in [2.05, 4.69) is 25.2 Å². The number of hydrogen-bond acceptors (Lipinski definition) is 3. The van der Waals surface area contributed by atoms with E-state index in [0.717, 1.165) is 18.6 Å². The Morgan fingerprint density at radius 2 is 2.06 bits per heavy atom. The van der Waals surface area contributed by atoms with Gasteiger partial charge < -0.3 is 15.2 Å². The average molecular weight is 237 g/mol. The zero-order chi connectivity index (χ0) is 12.7. The van der Waals surface area contributed by atoms with Crippen molar-refractivity contribution in [3.8, 4) is 5.75 Å². The van der Waals surface area contributed by atoms with Crippen LogP contribution in [0.15, 0.2) is 24.3 Å². The second-order valence-electron chi connectivity index (χ2n) is 4.37. The highest BCUT2D eigenvalue weighted by Crippen LogP contribution is 2.18. The van der Waals surface area contributed by atoms with Crippen molar-refractivity contribution < 1.29 is 9.84 Å². The Balaban J connectivity index is 2.58. The molecule has 0 bridgehead atoms. The van der Waals surface area contributed by atoms with Gasteiger partial charge in [-0.25, -0.2) is 0 Å². The third-order valence-electron chi connectivity index (χ3n) is 2.95. The second kappa shape index (κ2) is 7.30. The van der Waals surface area contributed by atoms with E-state index in [1.165, 1.54) is 5.56 Å². The largest absolute Gasteiger partial charge is 0.496 e. The van der Waals surface area contributed by atoms with Crippen molar-refractivity contribution in [2.45, 2.75) is 38.8 Å². The normalized spacial score (nSPS) is 14.4. The van der Waals surface area contributed by atoms with E-state index < -0.39 is 0 Å². The number of para-hydroxylation sites is 1. The fourth-order valence-corrected chi connectivity index (χ4v) is 1.96.